The fraction of sp³-hybridized carbons (Fsp3) is 0.429. The molecule has 0 saturated carbocycles. The number of rotatable bonds is 14. The molecule has 1 spiro atoms. The molecule has 2 saturated heterocycles. The van der Waals surface area contributed by atoms with Crippen LogP contribution >= 0.6 is 0 Å². The summed E-state index contributed by atoms with van der Waals surface area (Å²) in [7, 11) is 0. The second kappa shape index (κ2) is 18.9. The molecule has 2 aliphatic heterocycles. The average molecular weight is 879 g/mol. The number of fused-ring (bicyclic) bond motifs is 2. The molecule has 7 rings (SSSR count). The number of cyclic esters (lactones) is 1. The Kier molecular flexibility index (Phi) is 13.5. The van der Waals surface area contributed by atoms with Gasteiger partial charge in [0.1, 0.15) is 30.5 Å². The van der Waals surface area contributed by atoms with Gasteiger partial charge in [0.2, 0.25) is 12.0 Å². The van der Waals surface area contributed by atoms with Gasteiger partial charge in [0, 0.05) is 54.9 Å². The highest BCUT2D eigenvalue weighted by molar-refractivity contribution is 5.96. The number of carbonyl (C=O) groups is 6. The number of ether oxygens (including phenoxy) is 6. The van der Waals surface area contributed by atoms with Gasteiger partial charge in [-0.2, -0.15) is 0 Å². The Morgan fingerprint density at radius 2 is 1.62 bits per heavy atom. The molecule has 2 heterocycles. The van der Waals surface area contributed by atoms with E-state index in [4.69, 9.17) is 28.4 Å². The summed E-state index contributed by atoms with van der Waals surface area (Å²) in [5.74, 6) is -4.35. The quantitative estimate of drug-likeness (QED) is 0.113. The lowest BCUT2D eigenvalue weighted by Gasteiger charge is -2.30. The van der Waals surface area contributed by atoms with Gasteiger partial charge >= 0.3 is 23.9 Å². The Morgan fingerprint density at radius 1 is 0.906 bits per heavy atom. The molecule has 3 aromatic rings. The van der Waals surface area contributed by atoms with E-state index in [-0.39, 0.29) is 44.6 Å². The van der Waals surface area contributed by atoms with Crippen molar-refractivity contribution in [2.75, 3.05) is 13.2 Å². The maximum Gasteiger partial charge on any atom is 0.348 e. The van der Waals surface area contributed by atoms with Gasteiger partial charge in [-0.1, -0.05) is 62.4 Å². The molecule has 2 amide bonds. The summed E-state index contributed by atoms with van der Waals surface area (Å²) in [5.41, 5.74) is 2.79. The highest BCUT2D eigenvalue weighted by Crippen LogP contribution is 2.45. The van der Waals surface area contributed by atoms with Gasteiger partial charge in [0.15, 0.2) is 5.79 Å². The average Bonchev–Trinajstić information content (AvgIpc) is 3.89. The normalized spacial score (nSPS) is 22.2. The van der Waals surface area contributed by atoms with Crippen LogP contribution < -0.4 is 10.6 Å². The lowest BCUT2D eigenvalue weighted by Crippen LogP contribution is -2.43. The molecule has 2 aliphatic carbocycles. The zero-order valence-electron chi connectivity index (χ0n) is 36.6. The zero-order valence-corrected chi connectivity index (χ0v) is 36.6. The largest absolute Gasteiger partial charge is 0.462 e. The molecule has 3 N–H and O–H groups in total. The van der Waals surface area contributed by atoms with Crippen LogP contribution in [0.3, 0.4) is 0 Å². The van der Waals surface area contributed by atoms with Crippen LogP contribution in [0.15, 0.2) is 90.5 Å². The Bertz CT molecular complexity index is 2340. The van der Waals surface area contributed by atoms with Gasteiger partial charge in [-0.15, -0.1) is 0 Å². The van der Waals surface area contributed by atoms with Crippen LogP contribution in [-0.4, -0.2) is 95.9 Å². The molecule has 64 heavy (non-hydrogen) atoms. The van der Waals surface area contributed by atoms with Crippen LogP contribution in [0.5, 0.6) is 0 Å². The van der Waals surface area contributed by atoms with Crippen LogP contribution in [0.2, 0.25) is 0 Å². The summed E-state index contributed by atoms with van der Waals surface area (Å²) in [4.78, 5) is 77.8. The van der Waals surface area contributed by atoms with E-state index in [0.717, 1.165) is 11.1 Å². The number of hydrogen-bond donors (Lipinski definition) is 3. The van der Waals surface area contributed by atoms with Crippen molar-refractivity contribution >= 4 is 41.8 Å². The van der Waals surface area contributed by atoms with E-state index >= 15 is 0 Å². The maximum atomic E-state index is 13.9. The van der Waals surface area contributed by atoms with E-state index in [9.17, 15) is 33.9 Å². The van der Waals surface area contributed by atoms with Crippen molar-refractivity contribution in [3.8, 4) is 0 Å². The molecule has 3 aromatic carbocycles. The zero-order chi connectivity index (χ0) is 45.8. The van der Waals surface area contributed by atoms with Gasteiger partial charge in [-0.05, 0) is 85.9 Å². The molecular formula is C49H54N2O13. The molecule has 4 aliphatic rings. The smallest absolute Gasteiger partial charge is 0.348 e. The van der Waals surface area contributed by atoms with E-state index in [1.165, 1.54) is 12.2 Å². The molecule has 2 fully saturated rings. The number of esters is 4. The van der Waals surface area contributed by atoms with Crippen LogP contribution in [0, 0.1) is 5.41 Å². The molecule has 5 unspecified atom stereocenters. The lowest BCUT2D eigenvalue weighted by atomic mass is 9.90. The monoisotopic (exact) mass is 878 g/mol. The van der Waals surface area contributed by atoms with E-state index in [2.05, 4.69) is 10.6 Å². The molecule has 15 nitrogen and oxygen atoms in total. The number of aliphatic hydroxyl groups is 1. The fourth-order valence-corrected chi connectivity index (χ4v) is 8.17. The third-order valence-corrected chi connectivity index (χ3v) is 11.4. The standard InChI is InChI=1S/C49H54N2O13/c1-47(2,3)63-40(54)19-17-36(27-52)51-44(56)31-14-9-11-30(21-31)26-50-43(55)35-22-37(41-38(23-35)62-49(64-41)24-33-12-6-7-13-34(33)25-49)60-45(57)32-15-8-10-29(20-32)16-18-39(53)61-42-46(58)59-28-48(42,4)5/h6-16,18,20-21,23,36-38,41-42,52H,17,19,22,24-28H2,1-5H3,(H,50,55)(H,51,56). The second-order valence-electron chi connectivity index (χ2n) is 18.3. The van der Waals surface area contributed by atoms with Crippen LogP contribution in [0.4, 0.5) is 0 Å². The Hall–Kier alpha value is -6.16. The summed E-state index contributed by atoms with van der Waals surface area (Å²) >= 11 is 0. The third-order valence-electron chi connectivity index (χ3n) is 11.4. The van der Waals surface area contributed by atoms with Gasteiger partial charge < -0.3 is 44.2 Å². The van der Waals surface area contributed by atoms with Crippen molar-refractivity contribution in [1.82, 2.24) is 10.6 Å². The van der Waals surface area contributed by atoms with Crippen molar-refractivity contribution in [1.29, 1.82) is 0 Å². The Balaban J connectivity index is 1.01. The van der Waals surface area contributed by atoms with E-state index in [0.29, 0.717) is 35.1 Å². The molecule has 0 bridgehead atoms. The highest BCUT2D eigenvalue weighted by Gasteiger charge is 2.55. The number of aliphatic hydroxyl groups excluding tert-OH is 1. The SMILES string of the molecule is CC(C)(C)OC(=O)CCC(CO)NC(=O)c1cccc(CNC(=O)C2=CC3OC4(Cc5ccccc5C4)OC3C(OC(=O)c3cccc(C=CC(=O)OC4C(=O)OCC4(C)C)c3)C2)c1. The third kappa shape index (κ3) is 11.1. The van der Waals surface area contributed by atoms with Crippen LogP contribution in [0.25, 0.3) is 6.08 Å². The molecule has 5 atom stereocenters. The van der Waals surface area contributed by atoms with Crippen LogP contribution in [-0.2, 0) is 67.0 Å². The first kappa shape index (κ1) is 45.9. The first-order valence-electron chi connectivity index (χ1n) is 21.4. The van der Waals surface area contributed by atoms with Gasteiger partial charge in [-0.3, -0.25) is 14.4 Å². The van der Waals surface area contributed by atoms with E-state index < -0.39 is 83.0 Å². The second-order valence-corrected chi connectivity index (χ2v) is 18.3. The molecule has 0 aromatic heterocycles. The van der Waals surface area contributed by atoms with Crippen molar-refractivity contribution in [2.24, 2.45) is 5.41 Å². The van der Waals surface area contributed by atoms with Crippen LogP contribution in [0.1, 0.15) is 96.9 Å². The summed E-state index contributed by atoms with van der Waals surface area (Å²) in [6.45, 7) is 8.65. The first-order valence-corrected chi connectivity index (χ1v) is 21.4. The Labute approximate surface area is 371 Å². The summed E-state index contributed by atoms with van der Waals surface area (Å²) in [6, 6.07) is 20.4. The van der Waals surface area contributed by atoms with Crippen molar-refractivity contribution in [3.63, 3.8) is 0 Å². The first-order chi connectivity index (χ1) is 30.4. The number of benzene rings is 3. The number of carbonyl (C=O) groups excluding carboxylic acids is 6. The number of amides is 2. The van der Waals surface area contributed by atoms with Crippen molar-refractivity contribution in [3.05, 3.63) is 124 Å². The summed E-state index contributed by atoms with van der Waals surface area (Å²) in [5, 5.41) is 15.6. The number of hydrogen-bond acceptors (Lipinski definition) is 13. The van der Waals surface area contributed by atoms with E-state index in [1.807, 2.05) is 24.3 Å². The van der Waals surface area contributed by atoms with Crippen molar-refractivity contribution in [2.45, 2.75) is 115 Å². The minimum absolute atomic E-state index is 0.0179. The predicted octanol–water partition coefficient (Wildman–Crippen LogP) is 4.86. The number of nitrogens with one attached hydrogen (secondary N) is 2. The molecule has 0 radical (unpaired) electrons. The lowest BCUT2D eigenvalue weighted by molar-refractivity contribution is -0.172. The topological polar surface area (TPSA) is 202 Å². The predicted molar refractivity (Wildman–Crippen MR) is 230 cm³/mol. The van der Waals surface area contributed by atoms with Gasteiger partial charge in [-0.25, -0.2) is 14.4 Å². The summed E-state index contributed by atoms with van der Waals surface area (Å²) in [6.07, 6.45) is 2.15. The highest BCUT2D eigenvalue weighted by atomic mass is 16.8. The Morgan fingerprint density at radius 3 is 2.31 bits per heavy atom. The molecule has 15 heteroatoms. The van der Waals surface area contributed by atoms with E-state index in [1.54, 1.807) is 89.2 Å². The van der Waals surface area contributed by atoms with Crippen molar-refractivity contribution < 1.29 is 62.3 Å². The maximum absolute atomic E-state index is 13.9. The minimum Gasteiger partial charge on any atom is -0.462 e. The molecule has 338 valence electrons. The minimum atomic E-state index is -1.04. The summed E-state index contributed by atoms with van der Waals surface area (Å²) < 4.78 is 35.1. The van der Waals surface area contributed by atoms with Gasteiger partial charge in [0.25, 0.3) is 5.91 Å². The van der Waals surface area contributed by atoms with Gasteiger partial charge in [0.05, 0.1) is 18.2 Å². The molecular weight excluding hydrogens is 825 g/mol. The fourth-order valence-electron chi connectivity index (χ4n) is 8.17.